The Bertz CT molecular complexity index is 586. The van der Waals surface area contributed by atoms with E-state index in [1.807, 2.05) is 32.3 Å². The number of nitrogens with zero attached hydrogens (tertiary/aromatic N) is 3. The predicted octanol–water partition coefficient (Wildman–Crippen LogP) is 2.33. The first-order valence-electron chi connectivity index (χ1n) is 7.75. The fourth-order valence-corrected chi connectivity index (χ4v) is 2.29. The molecule has 1 heterocycles. The maximum atomic E-state index is 5.82. The van der Waals surface area contributed by atoms with Crippen molar-refractivity contribution in [3.8, 4) is 0 Å². The molecule has 22 heavy (non-hydrogen) atoms. The number of hydrogen-bond acceptors (Lipinski definition) is 2. The SMILES string of the molecule is CC(C)NC(N)=NCc1nccn1CCCc1ccccc1. The lowest BCUT2D eigenvalue weighted by atomic mass is 10.1. The van der Waals surface area contributed by atoms with Crippen molar-refractivity contribution in [2.24, 2.45) is 10.7 Å². The summed E-state index contributed by atoms with van der Waals surface area (Å²) >= 11 is 0. The molecule has 0 amide bonds. The lowest BCUT2D eigenvalue weighted by Crippen LogP contribution is -2.36. The van der Waals surface area contributed by atoms with Crippen LogP contribution in [-0.2, 0) is 19.5 Å². The maximum absolute atomic E-state index is 5.82. The molecule has 0 fully saturated rings. The Morgan fingerprint density at radius 1 is 1.32 bits per heavy atom. The number of rotatable bonds is 7. The van der Waals surface area contributed by atoms with E-state index in [0.29, 0.717) is 12.5 Å². The van der Waals surface area contributed by atoms with Gasteiger partial charge in [-0.2, -0.15) is 0 Å². The molecule has 0 radical (unpaired) electrons. The van der Waals surface area contributed by atoms with Gasteiger partial charge in [0.25, 0.3) is 0 Å². The zero-order chi connectivity index (χ0) is 15.8. The monoisotopic (exact) mass is 299 g/mol. The minimum atomic E-state index is 0.286. The van der Waals surface area contributed by atoms with Gasteiger partial charge in [0, 0.05) is 25.0 Å². The molecule has 1 aromatic carbocycles. The molecule has 3 N–H and O–H groups in total. The molecule has 0 unspecified atom stereocenters. The number of aliphatic imine (C=N–C) groups is 1. The Hall–Kier alpha value is -2.30. The molecule has 2 aromatic rings. The van der Waals surface area contributed by atoms with E-state index in [2.05, 4.69) is 44.1 Å². The van der Waals surface area contributed by atoms with Crippen molar-refractivity contribution in [2.75, 3.05) is 0 Å². The number of nitrogens with two attached hydrogens (primary N) is 1. The number of hydrogen-bond donors (Lipinski definition) is 2. The molecule has 0 bridgehead atoms. The number of benzene rings is 1. The largest absolute Gasteiger partial charge is 0.370 e. The molecule has 5 nitrogen and oxygen atoms in total. The molecule has 0 saturated heterocycles. The molecular formula is C17H25N5. The Morgan fingerprint density at radius 3 is 2.82 bits per heavy atom. The highest BCUT2D eigenvalue weighted by molar-refractivity contribution is 5.77. The quantitative estimate of drug-likeness (QED) is 0.609. The average Bonchev–Trinajstić information content (AvgIpc) is 2.93. The summed E-state index contributed by atoms with van der Waals surface area (Å²) in [5.74, 6) is 1.41. The van der Waals surface area contributed by atoms with E-state index in [4.69, 9.17) is 5.73 Å². The van der Waals surface area contributed by atoms with Crippen molar-refractivity contribution in [1.29, 1.82) is 0 Å². The summed E-state index contributed by atoms with van der Waals surface area (Å²) in [5.41, 5.74) is 7.19. The summed E-state index contributed by atoms with van der Waals surface area (Å²) in [7, 11) is 0. The maximum Gasteiger partial charge on any atom is 0.189 e. The molecular weight excluding hydrogens is 274 g/mol. The lowest BCUT2D eigenvalue weighted by molar-refractivity contribution is 0.610. The number of aromatic nitrogens is 2. The van der Waals surface area contributed by atoms with Crippen LogP contribution in [0.3, 0.4) is 0 Å². The first-order valence-corrected chi connectivity index (χ1v) is 7.75. The Morgan fingerprint density at radius 2 is 2.09 bits per heavy atom. The number of guanidine groups is 1. The van der Waals surface area contributed by atoms with Crippen LogP contribution in [-0.4, -0.2) is 21.6 Å². The van der Waals surface area contributed by atoms with Crippen LogP contribution in [0, 0.1) is 0 Å². The topological polar surface area (TPSA) is 68.2 Å². The van der Waals surface area contributed by atoms with Gasteiger partial charge in [0.2, 0.25) is 0 Å². The van der Waals surface area contributed by atoms with Gasteiger partial charge in [-0.05, 0) is 32.3 Å². The smallest absolute Gasteiger partial charge is 0.189 e. The normalized spacial score (nSPS) is 11.9. The molecule has 0 aliphatic heterocycles. The molecule has 1 aromatic heterocycles. The second-order valence-corrected chi connectivity index (χ2v) is 5.63. The minimum Gasteiger partial charge on any atom is -0.370 e. The molecule has 118 valence electrons. The summed E-state index contributed by atoms with van der Waals surface area (Å²) in [6, 6.07) is 10.8. The summed E-state index contributed by atoms with van der Waals surface area (Å²) < 4.78 is 2.15. The zero-order valence-corrected chi connectivity index (χ0v) is 13.4. The summed E-state index contributed by atoms with van der Waals surface area (Å²) in [6.45, 7) is 5.51. The molecule has 0 aliphatic rings. The van der Waals surface area contributed by atoms with Gasteiger partial charge < -0.3 is 15.6 Å². The fraction of sp³-hybridized carbons (Fsp3) is 0.412. The van der Waals surface area contributed by atoms with E-state index in [9.17, 15) is 0 Å². The third kappa shape index (κ3) is 5.24. The molecule has 0 saturated carbocycles. The Balaban J connectivity index is 1.84. The fourth-order valence-electron chi connectivity index (χ4n) is 2.29. The standard InChI is InChI=1S/C17H25N5/c1-14(2)21-17(18)20-13-16-19-10-12-22(16)11-6-9-15-7-4-3-5-8-15/h3-5,7-8,10,12,14H,6,9,11,13H2,1-2H3,(H3,18,20,21). The third-order valence-electron chi connectivity index (χ3n) is 3.34. The number of aryl methyl sites for hydroxylation is 2. The van der Waals surface area contributed by atoms with Crippen molar-refractivity contribution in [1.82, 2.24) is 14.9 Å². The highest BCUT2D eigenvalue weighted by atomic mass is 15.1. The number of nitrogens with one attached hydrogen (secondary N) is 1. The van der Waals surface area contributed by atoms with Crippen molar-refractivity contribution in [3.63, 3.8) is 0 Å². The summed E-state index contributed by atoms with van der Waals surface area (Å²) in [5, 5.41) is 3.08. The molecule has 0 atom stereocenters. The van der Waals surface area contributed by atoms with Crippen molar-refractivity contribution in [3.05, 3.63) is 54.1 Å². The first-order chi connectivity index (χ1) is 10.6. The molecule has 0 spiro atoms. The Labute approximate surface area is 132 Å². The van der Waals surface area contributed by atoms with Crippen LogP contribution in [0.2, 0.25) is 0 Å². The summed E-state index contributed by atoms with van der Waals surface area (Å²) in [6.07, 6.45) is 5.97. The van der Waals surface area contributed by atoms with Crippen molar-refractivity contribution >= 4 is 5.96 Å². The van der Waals surface area contributed by atoms with Crippen LogP contribution in [0.1, 0.15) is 31.7 Å². The van der Waals surface area contributed by atoms with E-state index >= 15 is 0 Å². The molecule has 0 aliphatic carbocycles. The van der Waals surface area contributed by atoms with Crippen LogP contribution in [0.5, 0.6) is 0 Å². The average molecular weight is 299 g/mol. The van der Waals surface area contributed by atoms with Gasteiger partial charge in [-0.1, -0.05) is 30.3 Å². The van der Waals surface area contributed by atoms with Gasteiger partial charge in [-0.3, -0.25) is 0 Å². The van der Waals surface area contributed by atoms with Crippen LogP contribution >= 0.6 is 0 Å². The van der Waals surface area contributed by atoms with E-state index < -0.39 is 0 Å². The van der Waals surface area contributed by atoms with E-state index in [1.165, 1.54) is 5.56 Å². The van der Waals surface area contributed by atoms with Crippen LogP contribution in [0.15, 0.2) is 47.7 Å². The van der Waals surface area contributed by atoms with Crippen LogP contribution < -0.4 is 11.1 Å². The van der Waals surface area contributed by atoms with Crippen molar-refractivity contribution in [2.45, 2.75) is 45.8 Å². The van der Waals surface area contributed by atoms with E-state index in [0.717, 1.165) is 25.2 Å². The second kappa shape index (κ2) is 8.22. The minimum absolute atomic E-state index is 0.286. The second-order valence-electron chi connectivity index (χ2n) is 5.63. The van der Waals surface area contributed by atoms with Gasteiger partial charge in [-0.15, -0.1) is 0 Å². The van der Waals surface area contributed by atoms with E-state index in [-0.39, 0.29) is 6.04 Å². The van der Waals surface area contributed by atoms with Gasteiger partial charge in [0.15, 0.2) is 5.96 Å². The van der Waals surface area contributed by atoms with Crippen molar-refractivity contribution < 1.29 is 0 Å². The first kappa shape index (κ1) is 16.1. The van der Waals surface area contributed by atoms with Crippen LogP contribution in [0.4, 0.5) is 0 Å². The zero-order valence-electron chi connectivity index (χ0n) is 13.4. The molecule has 5 heteroatoms. The van der Waals surface area contributed by atoms with Gasteiger partial charge in [-0.25, -0.2) is 9.98 Å². The lowest BCUT2D eigenvalue weighted by Gasteiger charge is -2.09. The highest BCUT2D eigenvalue weighted by Gasteiger charge is 2.03. The highest BCUT2D eigenvalue weighted by Crippen LogP contribution is 2.06. The summed E-state index contributed by atoms with van der Waals surface area (Å²) in [4.78, 5) is 8.70. The molecule has 2 rings (SSSR count). The van der Waals surface area contributed by atoms with Gasteiger partial charge in [0.05, 0.1) is 0 Å². The third-order valence-corrected chi connectivity index (χ3v) is 3.34. The van der Waals surface area contributed by atoms with Gasteiger partial charge in [0.1, 0.15) is 12.4 Å². The van der Waals surface area contributed by atoms with E-state index in [1.54, 1.807) is 0 Å². The van der Waals surface area contributed by atoms with Crippen LogP contribution in [0.25, 0.3) is 0 Å². The van der Waals surface area contributed by atoms with Gasteiger partial charge >= 0.3 is 0 Å². The number of imidazole rings is 1. The predicted molar refractivity (Wildman–Crippen MR) is 90.6 cm³/mol. The Kier molecular flexibility index (Phi) is 6.01.